The van der Waals surface area contributed by atoms with E-state index in [0.717, 1.165) is 52.2 Å². The highest BCUT2D eigenvalue weighted by molar-refractivity contribution is 5.93. The van der Waals surface area contributed by atoms with E-state index in [1.54, 1.807) is 17.3 Å². The maximum absolute atomic E-state index is 11.9. The lowest BCUT2D eigenvalue weighted by atomic mass is 10.2. The summed E-state index contributed by atoms with van der Waals surface area (Å²) in [7, 11) is 1.84. The van der Waals surface area contributed by atoms with Crippen LogP contribution in [0.1, 0.15) is 23.2 Å². The van der Waals surface area contributed by atoms with E-state index >= 15 is 0 Å². The Morgan fingerprint density at radius 3 is 2.95 bits per heavy atom. The molecule has 106 valence electrons. The Hall–Kier alpha value is -1.40. The number of hydrogen-bond acceptors (Lipinski definition) is 4. The average molecular weight is 266 g/mol. The molecular weight excluding hydrogens is 244 g/mol. The van der Waals surface area contributed by atoms with Crippen molar-refractivity contribution in [2.24, 2.45) is 0 Å². The molecule has 0 saturated carbocycles. The van der Waals surface area contributed by atoms with Crippen LogP contribution < -0.4 is 0 Å². The molecule has 1 aromatic rings. The van der Waals surface area contributed by atoms with Gasteiger partial charge in [0.25, 0.3) is 5.91 Å². The SMILES string of the molecule is CN(CCCCN1CCOCC1)C(=O)c1cn[nH]c1. The van der Waals surface area contributed by atoms with Gasteiger partial charge in [-0.3, -0.25) is 14.8 Å². The second-order valence-corrected chi connectivity index (χ2v) is 4.87. The van der Waals surface area contributed by atoms with Crippen LogP contribution in [-0.4, -0.2) is 72.3 Å². The van der Waals surface area contributed by atoms with Crippen molar-refractivity contribution in [1.29, 1.82) is 0 Å². The van der Waals surface area contributed by atoms with Gasteiger partial charge in [0.2, 0.25) is 0 Å². The summed E-state index contributed by atoms with van der Waals surface area (Å²) in [5, 5.41) is 6.45. The largest absolute Gasteiger partial charge is 0.379 e. The first kappa shape index (κ1) is 14.0. The van der Waals surface area contributed by atoms with Crippen LogP contribution in [0.15, 0.2) is 12.4 Å². The quantitative estimate of drug-likeness (QED) is 0.766. The fourth-order valence-electron chi connectivity index (χ4n) is 2.20. The lowest BCUT2D eigenvalue weighted by molar-refractivity contribution is 0.0369. The number of nitrogens with zero attached hydrogens (tertiary/aromatic N) is 3. The maximum atomic E-state index is 11.9. The van der Waals surface area contributed by atoms with Gasteiger partial charge >= 0.3 is 0 Å². The van der Waals surface area contributed by atoms with E-state index in [1.165, 1.54) is 0 Å². The molecule has 0 bridgehead atoms. The fourth-order valence-corrected chi connectivity index (χ4v) is 2.20. The molecule has 2 heterocycles. The third-order valence-corrected chi connectivity index (χ3v) is 3.41. The van der Waals surface area contributed by atoms with Crippen LogP contribution in [-0.2, 0) is 4.74 Å². The zero-order chi connectivity index (χ0) is 13.5. The minimum atomic E-state index is 0.0279. The van der Waals surface area contributed by atoms with Crippen molar-refractivity contribution in [2.45, 2.75) is 12.8 Å². The maximum Gasteiger partial charge on any atom is 0.256 e. The second-order valence-electron chi connectivity index (χ2n) is 4.87. The number of morpholine rings is 1. The minimum Gasteiger partial charge on any atom is -0.379 e. The van der Waals surface area contributed by atoms with E-state index in [1.807, 2.05) is 7.05 Å². The molecule has 0 unspecified atom stereocenters. The van der Waals surface area contributed by atoms with E-state index in [4.69, 9.17) is 4.74 Å². The van der Waals surface area contributed by atoms with Gasteiger partial charge in [0.15, 0.2) is 0 Å². The Bertz CT molecular complexity index is 374. The summed E-state index contributed by atoms with van der Waals surface area (Å²) in [6, 6.07) is 0. The molecule has 0 aliphatic carbocycles. The zero-order valence-electron chi connectivity index (χ0n) is 11.5. The van der Waals surface area contributed by atoms with Gasteiger partial charge in [-0.15, -0.1) is 0 Å². The molecule has 2 rings (SSSR count). The zero-order valence-corrected chi connectivity index (χ0v) is 11.5. The third kappa shape index (κ3) is 4.33. The number of H-pyrrole nitrogens is 1. The Morgan fingerprint density at radius 2 is 2.26 bits per heavy atom. The number of carbonyl (C=O) groups excluding carboxylic acids is 1. The first-order chi connectivity index (χ1) is 9.27. The van der Waals surface area contributed by atoms with Gasteiger partial charge in [-0.25, -0.2) is 0 Å². The van der Waals surface area contributed by atoms with E-state index in [-0.39, 0.29) is 5.91 Å². The minimum absolute atomic E-state index is 0.0279. The van der Waals surface area contributed by atoms with Gasteiger partial charge < -0.3 is 9.64 Å². The van der Waals surface area contributed by atoms with E-state index < -0.39 is 0 Å². The summed E-state index contributed by atoms with van der Waals surface area (Å²) in [6.07, 6.45) is 5.33. The molecule has 1 aromatic heterocycles. The van der Waals surface area contributed by atoms with Crippen molar-refractivity contribution in [2.75, 3.05) is 46.4 Å². The number of ether oxygens (including phenoxy) is 1. The molecule has 19 heavy (non-hydrogen) atoms. The van der Waals surface area contributed by atoms with Gasteiger partial charge in [0, 0.05) is 32.9 Å². The molecule has 1 N–H and O–H groups in total. The van der Waals surface area contributed by atoms with Gasteiger partial charge in [-0.1, -0.05) is 0 Å². The number of rotatable bonds is 6. The number of aromatic nitrogens is 2. The third-order valence-electron chi connectivity index (χ3n) is 3.41. The number of nitrogens with one attached hydrogen (secondary N) is 1. The van der Waals surface area contributed by atoms with Gasteiger partial charge in [0.05, 0.1) is 25.0 Å². The Balaban J connectivity index is 1.61. The van der Waals surface area contributed by atoms with Crippen LogP contribution in [0.2, 0.25) is 0 Å². The van der Waals surface area contributed by atoms with Crippen molar-refractivity contribution in [1.82, 2.24) is 20.0 Å². The van der Waals surface area contributed by atoms with Crippen LogP contribution in [0.5, 0.6) is 0 Å². The molecule has 6 nitrogen and oxygen atoms in total. The molecular formula is C13H22N4O2. The highest BCUT2D eigenvalue weighted by atomic mass is 16.5. The molecule has 1 saturated heterocycles. The number of unbranched alkanes of at least 4 members (excludes halogenated alkanes) is 1. The second kappa shape index (κ2) is 7.25. The van der Waals surface area contributed by atoms with Crippen LogP contribution in [0, 0.1) is 0 Å². The predicted molar refractivity (Wildman–Crippen MR) is 72.0 cm³/mol. The first-order valence-corrected chi connectivity index (χ1v) is 6.82. The normalized spacial score (nSPS) is 16.5. The number of carbonyl (C=O) groups is 1. The van der Waals surface area contributed by atoms with Crippen molar-refractivity contribution in [3.05, 3.63) is 18.0 Å². The number of hydrogen-bond donors (Lipinski definition) is 1. The molecule has 1 amide bonds. The summed E-state index contributed by atoms with van der Waals surface area (Å²) in [6.45, 7) is 5.64. The lowest BCUT2D eigenvalue weighted by Crippen LogP contribution is -2.37. The summed E-state index contributed by atoms with van der Waals surface area (Å²) >= 11 is 0. The summed E-state index contributed by atoms with van der Waals surface area (Å²) in [5.41, 5.74) is 0.621. The molecule has 0 aromatic carbocycles. The monoisotopic (exact) mass is 266 g/mol. The van der Waals surface area contributed by atoms with Gasteiger partial charge in [-0.05, 0) is 19.4 Å². The average Bonchev–Trinajstić information content (AvgIpc) is 2.98. The summed E-state index contributed by atoms with van der Waals surface area (Å²) < 4.78 is 5.31. The molecule has 0 radical (unpaired) electrons. The standard InChI is InChI=1S/C13H22N4O2/c1-16(13(18)12-10-14-15-11-12)4-2-3-5-17-6-8-19-9-7-17/h10-11H,2-9H2,1H3,(H,14,15). The van der Waals surface area contributed by atoms with Crippen LogP contribution in [0.3, 0.4) is 0 Å². The highest BCUT2D eigenvalue weighted by Gasteiger charge is 2.13. The number of amides is 1. The molecule has 6 heteroatoms. The Labute approximate surface area is 113 Å². The van der Waals surface area contributed by atoms with Gasteiger partial charge in [-0.2, -0.15) is 5.10 Å². The summed E-state index contributed by atoms with van der Waals surface area (Å²) in [5.74, 6) is 0.0279. The van der Waals surface area contributed by atoms with E-state index in [9.17, 15) is 4.79 Å². The van der Waals surface area contributed by atoms with Crippen LogP contribution in [0.25, 0.3) is 0 Å². The highest BCUT2D eigenvalue weighted by Crippen LogP contribution is 2.04. The van der Waals surface area contributed by atoms with Gasteiger partial charge in [0.1, 0.15) is 0 Å². The molecule has 1 fully saturated rings. The Kier molecular flexibility index (Phi) is 5.35. The van der Waals surface area contributed by atoms with Crippen molar-refractivity contribution >= 4 is 5.91 Å². The first-order valence-electron chi connectivity index (χ1n) is 6.82. The van der Waals surface area contributed by atoms with E-state index in [0.29, 0.717) is 5.56 Å². The van der Waals surface area contributed by atoms with E-state index in [2.05, 4.69) is 15.1 Å². The Morgan fingerprint density at radius 1 is 1.47 bits per heavy atom. The number of aromatic amines is 1. The van der Waals surface area contributed by atoms with Crippen molar-refractivity contribution < 1.29 is 9.53 Å². The van der Waals surface area contributed by atoms with Crippen LogP contribution >= 0.6 is 0 Å². The fraction of sp³-hybridized carbons (Fsp3) is 0.692. The molecule has 1 aliphatic rings. The topological polar surface area (TPSA) is 61.5 Å². The molecule has 1 aliphatic heterocycles. The van der Waals surface area contributed by atoms with Crippen molar-refractivity contribution in [3.63, 3.8) is 0 Å². The molecule has 0 atom stereocenters. The van der Waals surface area contributed by atoms with Crippen LogP contribution in [0.4, 0.5) is 0 Å². The van der Waals surface area contributed by atoms with Crippen molar-refractivity contribution in [3.8, 4) is 0 Å². The molecule has 0 spiro atoms. The smallest absolute Gasteiger partial charge is 0.256 e. The lowest BCUT2D eigenvalue weighted by Gasteiger charge is -2.26. The predicted octanol–water partition coefficient (Wildman–Crippen LogP) is 0.594. The summed E-state index contributed by atoms with van der Waals surface area (Å²) in [4.78, 5) is 16.1.